The topological polar surface area (TPSA) is 41.1 Å². The third-order valence-electron chi connectivity index (χ3n) is 3.93. The molecule has 1 saturated heterocycles. The van der Waals surface area contributed by atoms with Gasteiger partial charge < -0.3 is 10.6 Å². The Bertz CT molecular complexity index is 482. The molecular weight excluding hydrogens is 248 g/mol. The van der Waals surface area contributed by atoms with Crippen LogP contribution in [0.25, 0.3) is 0 Å². The molecule has 1 amide bonds. The summed E-state index contributed by atoms with van der Waals surface area (Å²) in [7, 11) is 0. The molecule has 0 radical (unpaired) electrons. The summed E-state index contributed by atoms with van der Waals surface area (Å²) in [5.74, 6) is 0.488. The molecule has 1 aromatic rings. The van der Waals surface area contributed by atoms with Crippen LogP contribution >= 0.6 is 0 Å². The Balaban J connectivity index is 2.49. The van der Waals surface area contributed by atoms with Crippen LogP contribution in [-0.4, -0.2) is 19.0 Å². The zero-order valence-electron chi connectivity index (χ0n) is 13.0. The first-order chi connectivity index (χ1) is 9.39. The Kier molecular flexibility index (Phi) is 4.48. The molecule has 2 N–H and O–H groups in total. The molecule has 3 nitrogen and oxygen atoms in total. The van der Waals surface area contributed by atoms with Gasteiger partial charge in [-0.1, -0.05) is 32.9 Å². The molecule has 110 valence electrons. The molecule has 0 aromatic heterocycles. The highest BCUT2D eigenvalue weighted by Gasteiger charge is 2.26. The van der Waals surface area contributed by atoms with Gasteiger partial charge in [0.2, 0.25) is 5.91 Å². The van der Waals surface area contributed by atoms with Crippen molar-refractivity contribution in [1.82, 2.24) is 5.32 Å². The van der Waals surface area contributed by atoms with E-state index in [9.17, 15) is 4.79 Å². The molecule has 0 bridgehead atoms. The number of piperidine rings is 1. The molecule has 1 unspecified atom stereocenters. The second-order valence-electron chi connectivity index (χ2n) is 6.74. The zero-order chi connectivity index (χ0) is 14.8. The molecule has 1 heterocycles. The molecule has 3 heteroatoms. The number of rotatable bonds is 2. The second kappa shape index (κ2) is 5.96. The van der Waals surface area contributed by atoms with Crippen molar-refractivity contribution in [3.63, 3.8) is 0 Å². The largest absolute Gasteiger partial charge is 0.326 e. The number of carbonyl (C=O) groups is 1. The lowest BCUT2D eigenvalue weighted by molar-refractivity contribution is -0.114. The lowest BCUT2D eigenvalue weighted by Gasteiger charge is -2.32. The average Bonchev–Trinajstić information content (AvgIpc) is 2.38. The highest BCUT2D eigenvalue weighted by Crippen LogP contribution is 2.38. The van der Waals surface area contributed by atoms with Crippen LogP contribution in [0.2, 0.25) is 0 Å². The number of anilines is 1. The van der Waals surface area contributed by atoms with Crippen molar-refractivity contribution < 1.29 is 4.79 Å². The van der Waals surface area contributed by atoms with Gasteiger partial charge >= 0.3 is 0 Å². The van der Waals surface area contributed by atoms with Crippen LogP contribution in [0, 0.1) is 0 Å². The first kappa shape index (κ1) is 15.0. The van der Waals surface area contributed by atoms with Crippen molar-refractivity contribution >= 4 is 11.6 Å². The number of amides is 1. The van der Waals surface area contributed by atoms with E-state index in [1.807, 2.05) is 12.1 Å². The van der Waals surface area contributed by atoms with Crippen LogP contribution in [0.15, 0.2) is 18.2 Å². The molecular formula is C17H26N2O. The van der Waals surface area contributed by atoms with Gasteiger partial charge in [-0.3, -0.25) is 4.79 Å². The molecule has 1 aliphatic rings. The van der Waals surface area contributed by atoms with Gasteiger partial charge in [-0.25, -0.2) is 0 Å². The minimum absolute atomic E-state index is 0.000998. The van der Waals surface area contributed by atoms with E-state index in [0.29, 0.717) is 5.92 Å². The zero-order valence-corrected chi connectivity index (χ0v) is 13.0. The Morgan fingerprint density at radius 2 is 2.10 bits per heavy atom. The quantitative estimate of drug-likeness (QED) is 0.867. The lowest BCUT2D eigenvalue weighted by Crippen LogP contribution is -2.31. The summed E-state index contributed by atoms with van der Waals surface area (Å²) in [5, 5.41) is 6.50. The van der Waals surface area contributed by atoms with Crippen LogP contribution in [0.1, 0.15) is 57.6 Å². The van der Waals surface area contributed by atoms with E-state index in [2.05, 4.69) is 37.5 Å². The smallest absolute Gasteiger partial charge is 0.221 e. The Morgan fingerprint density at radius 1 is 1.35 bits per heavy atom. The van der Waals surface area contributed by atoms with Gasteiger partial charge in [0.1, 0.15) is 0 Å². The Morgan fingerprint density at radius 3 is 2.65 bits per heavy atom. The van der Waals surface area contributed by atoms with Crippen LogP contribution in [0.5, 0.6) is 0 Å². The minimum atomic E-state index is 0.000998. The summed E-state index contributed by atoms with van der Waals surface area (Å²) in [4.78, 5) is 11.5. The van der Waals surface area contributed by atoms with Crippen LogP contribution in [-0.2, 0) is 10.2 Å². The van der Waals surface area contributed by atoms with Crippen molar-refractivity contribution in [1.29, 1.82) is 0 Å². The maximum Gasteiger partial charge on any atom is 0.221 e. The predicted octanol–water partition coefficient (Wildman–Crippen LogP) is 3.41. The molecule has 2 rings (SSSR count). The van der Waals surface area contributed by atoms with Gasteiger partial charge in [0.05, 0.1) is 0 Å². The number of carbonyl (C=O) groups excluding carboxylic acids is 1. The summed E-state index contributed by atoms with van der Waals surface area (Å²) < 4.78 is 0. The number of nitrogens with one attached hydrogen (secondary N) is 2. The van der Waals surface area contributed by atoms with Crippen molar-refractivity contribution in [2.75, 3.05) is 18.4 Å². The standard InChI is InChI=1S/C17H26N2O/c1-12(20)19-15-9-5-8-14(17(2,3)4)16(15)13-7-6-10-18-11-13/h5,8-9,13,18H,6-7,10-11H2,1-4H3,(H,19,20). The Hall–Kier alpha value is -1.35. The van der Waals surface area contributed by atoms with Gasteiger partial charge in [0.15, 0.2) is 0 Å². The number of benzene rings is 1. The van der Waals surface area contributed by atoms with Gasteiger partial charge in [0, 0.05) is 19.2 Å². The monoisotopic (exact) mass is 274 g/mol. The predicted molar refractivity (Wildman–Crippen MR) is 84.3 cm³/mol. The molecule has 1 aliphatic heterocycles. The average molecular weight is 274 g/mol. The molecule has 1 aromatic carbocycles. The molecule has 1 atom stereocenters. The maximum absolute atomic E-state index is 11.5. The highest BCUT2D eigenvalue weighted by molar-refractivity contribution is 5.90. The van der Waals surface area contributed by atoms with Crippen LogP contribution < -0.4 is 10.6 Å². The fourth-order valence-electron chi connectivity index (χ4n) is 3.06. The summed E-state index contributed by atoms with van der Waals surface area (Å²) in [5.41, 5.74) is 3.74. The third kappa shape index (κ3) is 3.40. The van der Waals surface area contributed by atoms with Gasteiger partial charge in [-0.15, -0.1) is 0 Å². The lowest BCUT2D eigenvalue weighted by atomic mass is 9.77. The summed E-state index contributed by atoms with van der Waals surface area (Å²) in [6.45, 7) is 10.4. The van der Waals surface area contributed by atoms with E-state index in [1.54, 1.807) is 6.92 Å². The van der Waals surface area contributed by atoms with Gasteiger partial charge in [0.25, 0.3) is 0 Å². The van der Waals surface area contributed by atoms with E-state index >= 15 is 0 Å². The van der Waals surface area contributed by atoms with Crippen LogP contribution in [0.3, 0.4) is 0 Å². The number of hydrogen-bond acceptors (Lipinski definition) is 2. The maximum atomic E-state index is 11.5. The van der Waals surface area contributed by atoms with E-state index in [1.165, 1.54) is 24.0 Å². The molecule has 0 saturated carbocycles. The van der Waals surface area contributed by atoms with E-state index in [0.717, 1.165) is 18.8 Å². The first-order valence-corrected chi connectivity index (χ1v) is 7.51. The number of hydrogen-bond donors (Lipinski definition) is 2. The highest BCUT2D eigenvalue weighted by atomic mass is 16.1. The van der Waals surface area contributed by atoms with E-state index < -0.39 is 0 Å². The van der Waals surface area contributed by atoms with Crippen LogP contribution in [0.4, 0.5) is 5.69 Å². The second-order valence-corrected chi connectivity index (χ2v) is 6.74. The normalized spacial score (nSPS) is 19.7. The fraction of sp³-hybridized carbons (Fsp3) is 0.588. The van der Waals surface area contributed by atoms with Gasteiger partial charge in [-0.2, -0.15) is 0 Å². The molecule has 1 fully saturated rings. The van der Waals surface area contributed by atoms with Gasteiger partial charge in [-0.05, 0) is 47.9 Å². The van der Waals surface area contributed by atoms with E-state index in [4.69, 9.17) is 0 Å². The van der Waals surface area contributed by atoms with Crippen molar-refractivity contribution in [2.24, 2.45) is 0 Å². The minimum Gasteiger partial charge on any atom is -0.326 e. The molecule has 20 heavy (non-hydrogen) atoms. The Labute approximate surface area is 122 Å². The van der Waals surface area contributed by atoms with Crippen molar-refractivity contribution in [2.45, 2.75) is 51.9 Å². The van der Waals surface area contributed by atoms with Crippen molar-refractivity contribution in [3.05, 3.63) is 29.3 Å². The summed E-state index contributed by atoms with van der Waals surface area (Å²) >= 11 is 0. The van der Waals surface area contributed by atoms with Crippen molar-refractivity contribution in [3.8, 4) is 0 Å². The molecule has 0 spiro atoms. The van der Waals surface area contributed by atoms with E-state index in [-0.39, 0.29) is 11.3 Å². The summed E-state index contributed by atoms with van der Waals surface area (Å²) in [6, 6.07) is 6.28. The molecule has 0 aliphatic carbocycles. The summed E-state index contributed by atoms with van der Waals surface area (Å²) in [6.07, 6.45) is 2.38. The SMILES string of the molecule is CC(=O)Nc1cccc(C(C)(C)C)c1C1CCCNC1. The first-order valence-electron chi connectivity index (χ1n) is 7.51. The third-order valence-corrected chi connectivity index (χ3v) is 3.93. The fourth-order valence-corrected chi connectivity index (χ4v) is 3.06.